The zero-order valence-electron chi connectivity index (χ0n) is 12.4. The van der Waals surface area contributed by atoms with E-state index in [1.54, 1.807) is 12.1 Å². The van der Waals surface area contributed by atoms with Gasteiger partial charge >= 0.3 is 7.67 Å². The van der Waals surface area contributed by atoms with Gasteiger partial charge in [0.05, 0.1) is 16.7 Å². The molecule has 4 nitrogen and oxygen atoms in total. The van der Waals surface area contributed by atoms with Crippen LogP contribution in [0, 0.1) is 0 Å². The standard InChI is InChI=1S/C16H17Cl2N2O2P/c17-15-8-7-13(11-16(15)18)12-20-9-4-10-22-23(20,21)19-14-5-2-1-3-6-14/h1-3,5-8,11H,4,9-10,12H2,(H,19,21)/t23-/m0/s1. The van der Waals surface area contributed by atoms with Gasteiger partial charge in [-0.15, -0.1) is 0 Å². The van der Waals surface area contributed by atoms with Crippen LogP contribution in [0.5, 0.6) is 0 Å². The summed E-state index contributed by atoms with van der Waals surface area (Å²) in [6.07, 6.45) is 0.835. The highest BCUT2D eigenvalue weighted by Gasteiger charge is 2.35. The third-order valence-electron chi connectivity index (χ3n) is 3.59. The van der Waals surface area contributed by atoms with Crippen molar-refractivity contribution in [3.05, 3.63) is 64.1 Å². The second-order valence-corrected chi connectivity index (χ2v) is 8.22. The van der Waals surface area contributed by atoms with E-state index in [-0.39, 0.29) is 0 Å². The Labute approximate surface area is 145 Å². The number of rotatable bonds is 4. The smallest absolute Gasteiger partial charge is 0.303 e. The number of para-hydroxylation sites is 1. The van der Waals surface area contributed by atoms with Gasteiger partial charge < -0.3 is 9.61 Å². The minimum absolute atomic E-state index is 0.480. The van der Waals surface area contributed by atoms with Crippen molar-refractivity contribution in [3.8, 4) is 0 Å². The molecule has 0 unspecified atom stereocenters. The van der Waals surface area contributed by atoms with Crippen LogP contribution in [0.4, 0.5) is 5.69 Å². The van der Waals surface area contributed by atoms with Crippen LogP contribution in [0.3, 0.4) is 0 Å². The van der Waals surface area contributed by atoms with E-state index in [9.17, 15) is 4.57 Å². The van der Waals surface area contributed by atoms with Crippen molar-refractivity contribution < 1.29 is 9.09 Å². The van der Waals surface area contributed by atoms with E-state index in [0.717, 1.165) is 17.7 Å². The normalized spacial score (nSPS) is 22.0. The maximum atomic E-state index is 13.2. The van der Waals surface area contributed by atoms with Crippen molar-refractivity contribution in [1.29, 1.82) is 0 Å². The number of benzene rings is 2. The Hall–Kier alpha value is -1.03. The molecule has 1 heterocycles. The van der Waals surface area contributed by atoms with Gasteiger partial charge in [0.25, 0.3) is 0 Å². The third-order valence-corrected chi connectivity index (χ3v) is 6.49. The van der Waals surface area contributed by atoms with Crippen molar-refractivity contribution in [3.63, 3.8) is 0 Å². The minimum atomic E-state index is -3.13. The van der Waals surface area contributed by atoms with Gasteiger partial charge in [-0.2, -0.15) is 0 Å². The second kappa shape index (κ2) is 7.25. The first kappa shape index (κ1) is 16.8. The Balaban J connectivity index is 1.80. The molecule has 0 amide bonds. The highest BCUT2D eigenvalue weighted by Crippen LogP contribution is 2.53. The van der Waals surface area contributed by atoms with Gasteiger partial charge in [0, 0.05) is 18.8 Å². The molecule has 1 aliphatic rings. The van der Waals surface area contributed by atoms with E-state index in [1.807, 2.05) is 41.1 Å². The van der Waals surface area contributed by atoms with Crippen molar-refractivity contribution in [2.45, 2.75) is 13.0 Å². The van der Waals surface area contributed by atoms with Crippen molar-refractivity contribution in [2.75, 3.05) is 18.2 Å². The molecule has 0 aliphatic carbocycles. The van der Waals surface area contributed by atoms with Crippen LogP contribution in [0.25, 0.3) is 0 Å². The van der Waals surface area contributed by atoms with E-state index in [4.69, 9.17) is 27.7 Å². The number of hydrogen-bond donors (Lipinski definition) is 1. The Morgan fingerprint density at radius 3 is 2.65 bits per heavy atom. The fourth-order valence-corrected chi connectivity index (χ4v) is 4.74. The highest BCUT2D eigenvalue weighted by atomic mass is 35.5. The molecule has 1 atom stereocenters. The van der Waals surface area contributed by atoms with Crippen LogP contribution in [0.1, 0.15) is 12.0 Å². The van der Waals surface area contributed by atoms with Crippen molar-refractivity contribution in [1.82, 2.24) is 4.67 Å². The lowest BCUT2D eigenvalue weighted by molar-refractivity contribution is 0.206. The molecule has 0 saturated carbocycles. The third kappa shape index (κ3) is 4.09. The fraction of sp³-hybridized carbons (Fsp3) is 0.250. The van der Waals surface area contributed by atoms with E-state index >= 15 is 0 Å². The Kier molecular flexibility index (Phi) is 5.30. The summed E-state index contributed by atoms with van der Waals surface area (Å²) < 4.78 is 20.7. The first-order valence-corrected chi connectivity index (χ1v) is 9.67. The molecule has 3 rings (SSSR count). The number of nitrogens with zero attached hydrogens (tertiary/aromatic N) is 1. The highest BCUT2D eigenvalue weighted by molar-refractivity contribution is 7.58. The first-order chi connectivity index (χ1) is 11.1. The van der Waals surface area contributed by atoms with Gasteiger partial charge in [-0.05, 0) is 36.2 Å². The van der Waals surface area contributed by atoms with Crippen molar-refractivity contribution >= 4 is 36.6 Å². The van der Waals surface area contributed by atoms with Gasteiger partial charge in [-0.1, -0.05) is 47.5 Å². The van der Waals surface area contributed by atoms with Gasteiger partial charge in [-0.3, -0.25) is 0 Å². The number of hydrogen-bond acceptors (Lipinski definition) is 2. The topological polar surface area (TPSA) is 41.6 Å². The van der Waals surface area contributed by atoms with Crippen LogP contribution in [0.15, 0.2) is 48.5 Å². The zero-order valence-corrected chi connectivity index (χ0v) is 14.8. The molecule has 23 heavy (non-hydrogen) atoms. The second-order valence-electron chi connectivity index (χ2n) is 5.32. The summed E-state index contributed by atoms with van der Waals surface area (Å²) in [7, 11) is -3.13. The summed E-state index contributed by atoms with van der Waals surface area (Å²) in [6, 6.07) is 14.9. The fourth-order valence-electron chi connectivity index (χ4n) is 2.45. The molecule has 0 spiro atoms. The summed E-state index contributed by atoms with van der Waals surface area (Å²) in [5.74, 6) is 0. The van der Waals surface area contributed by atoms with Crippen LogP contribution < -0.4 is 5.09 Å². The summed E-state index contributed by atoms with van der Waals surface area (Å²) in [6.45, 7) is 1.65. The minimum Gasteiger partial charge on any atom is -0.303 e. The molecule has 2 aromatic carbocycles. The molecule has 2 aromatic rings. The zero-order chi connectivity index (χ0) is 16.3. The average molecular weight is 371 g/mol. The van der Waals surface area contributed by atoms with E-state index in [2.05, 4.69) is 5.09 Å². The molecule has 1 saturated heterocycles. The quantitative estimate of drug-likeness (QED) is 0.727. The summed E-state index contributed by atoms with van der Waals surface area (Å²) in [5, 5.41) is 4.06. The Morgan fingerprint density at radius 2 is 1.91 bits per heavy atom. The van der Waals surface area contributed by atoms with E-state index in [1.165, 1.54) is 0 Å². The van der Waals surface area contributed by atoms with E-state index in [0.29, 0.717) is 29.7 Å². The maximum absolute atomic E-state index is 13.2. The van der Waals surface area contributed by atoms with Gasteiger partial charge in [0.15, 0.2) is 0 Å². The first-order valence-electron chi connectivity index (χ1n) is 7.34. The Morgan fingerprint density at radius 1 is 1.13 bits per heavy atom. The predicted molar refractivity (Wildman–Crippen MR) is 95.1 cm³/mol. The van der Waals surface area contributed by atoms with Gasteiger partial charge in [-0.25, -0.2) is 9.24 Å². The largest absolute Gasteiger partial charge is 0.368 e. The maximum Gasteiger partial charge on any atom is 0.368 e. The van der Waals surface area contributed by atoms with Crippen LogP contribution >= 0.6 is 30.9 Å². The Bertz CT molecular complexity index is 727. The molecule has 0 aromatic heterocycles. The van der Waals surface area contributed by atoms with Crippen LogP contribution in [-0.2, 0) is 15.6 Å². The number of anilines is 1. The molecule has 1 aliphatic heterocycles. The molecule has 1 N–H and O–H groups in total. The summed E-state index contributed by atoms with van der Waals surface area (Å²) >= 11 is 12.0. The predicted octanol–water partition coefficient (Wildman–Crippen LogP) is 5.44. The van der Waals surface area contributed by atoms with Crippen LogP contribution in [-0.4, -0.2) is 17.8 Å². The number of halogens is 2. The molecule has 7 heteroatoms. The summed E-state index contributed by atoms with van der Waals surface area (Å²) in [4.78, 5) is 0. The van der Waals surface area contributed by atoms with Gasteiger partial charge in [0.2, 0.25) is 0 Å². The summed E-state index contributed by atoms with van der Waals surface area (Å²) in [5.41, 5.74) is 1.72. The monoisotopic (exact) mass is 370 g/mol. The van der Waals surface area contributed by atoms with Crippen LogP contribution in [0.2, 0.25) is 10.0 Å². The lowest BCUT2D eigenvalue weighted by Crippen LogP contribution is -2.31. The SMILES string of the molecule is O=[P@@]1(Nc2ccccc2)OCCCN1Cc1ccc(Cl)c(Cl)c1. The molecular weight excluding hydrogens is 354 g/mol. The molecule has 122 valence electrons. The molecule has 1 fully saturated rings. The van der Waals surface area contributed by atoms with Gasteiger partial charge in [0.1, 0.15) is 0 Å². The van der Waals surface area contributed by atoms with E-state index < -0.39 is 7.67 Å². The average Bonchev–Trinajstić information content (AvgIpc) is 2.54. The molecule has 0 bridgehead atoms. The molecular formula is C16H17Cl2N2O2P. The lowest BCUT2D eigenvalue weighted by Gasteiger charge is -2.35. The number of nitrogens with one attached hydrogen (secondary N) is 1. The van der Waals surface area contributed by atoms with Crippen molar-refractivity contribution in [2.24, 2.45) is 0 Å². The molecule has 0 radical (unpaired) electrons. The lowest BCUT2D eigenvalue weighted by atomic mass is 10.2.